The molecular formula is C20H23N4O2+. The van der Waals surface area contributed by atoms with E-state index in [4.69, 9.17) is 9.26 Å². The second-order valence-electron chi connectivity index (χ2n) is 6.49. The van der Waals surface area contributed by atoms with Crippen LogP contribution in [0.4, 0.5) is 5.69 Å². The molecule has 0 saturated carbocycles. The summed E-state index contributed by atoms with van der Waals surface area (Å²) < 4.78 is 10.8. The normalized spacial score (nSPS) is 15.2. The van der Waals surface area contributed by atoms with Crippen molar-refractivity contribution in [3.05, 3.63) is 60.5 Å². The van der Waals surface area contributed by atoms with Crippen LogP contribution in [0.1, 0.15) is 5.89 Å². The van der Waals surface area contributed by atoms with E-state index in [-0.39, 0.29) is 0 Å². The van der Waals surface area contributed by atoms with Gasteiger partial charge in [0.2, 0.25) is 5.82 Å². The zero-order valence-corrected chi connectivity index (χ0v) is 14.9. The average molecular weight is 351 g/mol. The van der Waals surface area contributed by atoms with Gasteiger partial charge in [0.25, 0.3) is 5.89 Å². The summed E-state index contributed by atoms with van der Waals surface area (Å²) in [5.74, 6) is 2.26. The van der Waals surface area contributed by atoms with Gasteiger partial charge in [0.15, 0.2) is 6.54 Å². The molecule has 1 aliphatic rings. The molecule has 0 atom stereocenters. The van der Waals surface area contributed by atoms with Crippen molar-refractivity contribution in [2.45, 2.75) is 6.54 Å². The fourth-order valence-corrected chi connectivity index (χ4v) is 3.31. The Morgan fingerprint density at radius 1 is 1.08 bits per heavy atom. The number of ether oxygens (including phenoxy) is 1. The lowest BCUT2D eigenvalue weighted by molar-refractivity contribution is -0.915. The number of aromatic nitrogens is 2. The van der Waals surface area contributed by atoms with Crippen molar-refractivity contribution in [1.82, 2.24) is 10.1 Å². The van der Waals surface area contributed by atoms with Gasteiger partial charge in [-0.2, -0.15) is 4.98 Å². The Kier molecular flexibility index (Phi) is 4.84. The number of piperazine rings is 1. The Balaban J connectivity index is 1.35. The van der Waals surface area contributed by atoms with Crippen molar-refractivity contribution in [2.75, 3.05) is 38.2 Å². The highest BCUT2D eigenvalue weighted by atomic mass is 16.5. The van der Waals surface area contributed by atoms with Gasteiger partial charge in [-0.1, -0.05) is 41.6 Å². The maximum Gasteiger partial charge on any atom is 0.282 e. The first-order valence-corrected chi connectivity index (χ1v) is 8.92. The van der Waals surface area contributed by atoms with Crippen molar-refractivity contribution in [3.8, 4) is 17.1 Å². The van der Waals surface area contributed by atoms with Gasteiger partial charge in [-0.25, -0.2) is 0 Å². The second-order valence-corrected chi connectivity index (χ2v) is 6.49. The number of methoxy groups -OCH3 is 1. The van der Waals surface area contributed by atoms with E-state index in [1.165, 1.54) is 10.6 Å². The summed E-state index contributed by atoms with van der Waals surface area (Å²) in [4.78, 5) is 8.41. The molecule has 26 heavy (non-hydrogen) atoms. The zero-order valence-electron chi connectivity index (χ0n) is 14.9. The van der Waals surface area contributed by atoms with Gasteiger partial charge in [-0.3, -0.25) is 0 Å². The van der Waals surface area contributed by atoms with Crippen LogP contribution < -0.4 is 14.5 Å². The van der Waals surface area contributed by atoms with Gasteiger partial charge in [0, 0.05) is 17.3 Å². The molecule has 0 aliphatic carbocycles. The highest BCUT2D eigenvalue weighted by Gasteiger charge is 2.23. The van der Waals surface area contributed by atoms with Gasteiger partial charge in [0.05, 0.1) is 33.3 Å². The number of nitrogens with zero attached hydrogens (tertiary/aromatic N) is 3. The molecule has 3 aromatic rings. The number of nitrogens with one attached hydrogen (secondary N) is 1. The fraction of sp³-hybridized carbons (Fsp3) is 0.300. The molecule has 6 heteroatoms. The molecule has 1 N–H and O–H groups in total. The molecule has 2 aromatic carbocycles. The van der Waals surface area contributed by atoms with Gasteiger partial charge < -0.3 is 19.1 Å². The van der Waals surface area contributed by atoms with Crippen molar-refractivity contribution in [1.29, 1.82) is 0 Å². The molecule has 0 spiro atoms. The van der Waals surface area contributed by atoms with Crippen LogP contribution in [0.2, 0.25) is 0 Å². The minimum atomic E-state index is 0.662. The lowest BCUT2D eigenvalue weighted by Gasteiger charge is -2.33. The maximum absolute atomic E-state index is 5.45. The minimum absolute atomic E-state index is 0.662. The van der Waals surface area contributed by atoms with Crippen LogP contribution in [0.25, 0.3) is 11.4 Å². The summed E-state index contributed by atoms with van der Waals surface area (Å²) >= 11 is 0. The van der Waals surface area contributed by atoms with E-state index in [1.54, 1.807) is 7.11 Å². The van der Waals surface area contributed by atoms with Crippen LogP contribution in [0, 0.1) is 0 Å². The molecule has 1 aromatic heterocycles. The number of hydrogen-bond acceptors (Lipinski definition) is 5. The van der Waals surface area contributed by atoms with E-state index in [1.807, 2.05) is 42.5 Å². The van der Waals surface area contributed by atoms with Gasteiger partial charge in [0.1, 0.15) is 5.75 Å². The molecule has 0 bridgehead atoms. The molecule has 1 fully saturated rings. The summed E-state index contributed by atoms with van der Waals surface area (Å²) in [5, 5.41) is 4.11. The molecule has 1 aliphatic heterocycles. The first kappa shape index (κ1) is 16.6. The van der Waals surface area contributed by atoms with Crippen molar-refractivity contribution < 1.29 is 14.2 Å². The van der Waals surface area contributed by atoms with E-state index in [2.05, 4.69) is 27.2 Å². The highest BCUT2D eigenvalue weighted by molar-refractivity contribution is 5.53. The molecule has 0 unspecified atom stereocenters. The third-order valence-corrected chi connectivity index (χ3v) is 4.79. The Morgan fingerprint density at radius 3 is 2.65 bits per heavy atom. The van der Waals surface area contributed by atoms with Crippen LogP contribution in [0.5, 0.6) is 5.75 Å². The van der Waals surface area contributed by atoms with Crippen LogP contribution >= 0.6 is 0 Å². The topological polar surface area (TPSA) is 55.8 Å². The van der Waals surface area contributed by atoms with Crippen LogP contribution in [-0.2, 0) is 6.54 Å². The summed E-state index contributed by atoms with van der Waals surface area (Å²) in [7, 11) is 1.70. The Morgan fingerprint density at radius 2 is 1.88 bits per heavy atom. The molecule has 0 amide bonds. The Bertz CT molecular complexity index is 842. The first-order chi connectivity index (χ1) is 12.8. The van der Waals surface area contributed by atoms with Gasteiger partial charge in [-0.15, -0.1) is 0 Å². The first-order valence-electron chi connectivity index (χ1n) is 8.92. The molecule has 6 nitrogen and oxygen atoms in total. The Hall–Kier alpha value is -2.86. The quantitative estimate of drug-likeness (QED) is 0.758. The standard InChI is InChI=1S/C20H22N4O2/c1-25-18-9-5-8-17(14-18)24-12-10-23(11-13-24)15-19-21-20(22-26-19)16-6-3-2-4-7-16/h2-9,14H,10-13,15H2,1H3/p+1. The molecule has 1 saturated heterocycles. The van der Waals surface area contributed by atoms with Crippen LogP contribution in [0.3, 0.4) is 0 Å². The lowest BCUT2D eigenvalue weighted by Crippen LogP contribution is -3.13. The minimum Gasteiger partial charge on any atom is -0.497 e. The molecular weight excluding hydrogens is 328 g/mol. The fourth-order valence-electron chi connectivity index (χ4n) is 3.31. The number of hydrogen-bond donors (Lipinski definition) is 1. The maximum atomic E-state index is 5.45. The van der Waals surface area contributed by atoms with Gasteiger partial charge >= 0.3 is 0 Å². The van der Waals surface area contributed by atoms with E-state index in [9.17, 15) is 0 Å². The summed E-state index contributed by atoms with van der Waals surface area (Å²) in [6, 6.07) is 18.2. The van der Waals surface area contributed by atoms with E-state index in [0.717, 1.165) is 44.0 Å². The van der Waals surface area contributed by atoms with E-state index >= 15 is 0 Å². The monoisotopic (exact) mass is 351 g/mol. The third-order valence-electron chi connectivity index (χ3n) is 4.79. The van der Waals surface area contributed by atoms with E-state index < -0.39 is 0 Å². The predicted molar refractivity (Wildman–Crippen MR) is 99.3 cm³/mol. The second kappa shape index (κ2) is 7.58. The smallest absolute Gasteiger partial charge is 0.282 e. The summed E-state index contributed by atoms with van der Waals surface area (Å²) in [5.41, 5.74) is 2.20. The van der Waals surface area contributed by atoms with Crippen LogP contribution in [-0.4, -0.2) is 43.4 Å². The SMILES string of the molecule is COc1cccc(N2CC[NH+](Cc3nc(-c4ccccc4)no3)CC2)c1. The zero-order chi connectivity index (χ0) is 17.8. The van der Waals surface area contributed by atoms with E-state index in [0.29, 0.717) is 11.7 Å². The van der Waals surface area contributed by atoms with Crippen molar-refractivity contribution in [3.63, 3.8) is 0 Å². The molecule has 134 valence electrons. The molecule has 0 radical (unpaired) electrons. The third kappa shape index (κ3) is 3.70. The average Bonchev–Trinajstić information content (AvgIpc) is 3.18. The van der Waals surface area contributed by atoms with Gasteiger partial charge in [-0.05, 0) is 12.1 Å². The highest BCUT2D eigenvalue weighted by Crippen LogP contribution is 2.20. The molecule has 4 rings (SSSR count). The number of rotatable bonds is 5. The number of quaternary nitrogens is 1. The Labute approximate surface area is 153 Å². The summed E-state index contributed by atoms with van der Waals surface area (Å²) in [6.45, 7) is 4.86. The predicted octanol–water partition coefficient (Wildman–Crippen LogP) is 1.65. The lowest BCUT2D eigenvalue weighted by atomic mass is 10.2. The largest absolute Gasteiger partial charge is 0.497 e. The number of anilines is 1. The summed E-state index contributed by atoms with van der Waals surface area (Å²) in [6.07, 6.45) is 0. The van der Waals surface area contributed by atoms with Crippen LogP contribution in [0.15, 0.2) is 59.1 Å². The van der Waals surface area contributed by atoms with Crippen molar-refractivity contribution in [2.24, 2.45) is 0 Å². The number of benzene rings is 2. The molecule has 2 heterocycles. The van der Waals surface area contributed by atoms with Crippen molar-refractivity contribution >= 4 is 5.69 Å².